The molecule has 180 valence electrons. The summed E-state index contributed by atoms with van der Waals surface area (Å²) in [6.07, 6.45) is 1.94. The van der Waals surface area contributed by atoms with Gasteiger partial charge in [-0.1, -0.05) is 44.5 Å². The summed E-state index contributed by atoms with van der Waals surface area (Å²) >= 11 is 0. The van der Waals surface area contributed by atoms with E-state index in [0.29, 0.717) is 41.6 Å². The maximum Gasteiger partial charge on any atom is 0.303 e. The number of unbranched alkanes of at least 4 members (excludes halogenated alkanes) is 1. The second kappa shape index (κ2) is 12.1. The van der Waals surface area contributed by atoms with Crippen molar-refractivity contribution < 1.29 is 28.5 Å². The molecule has 0 aliphatic carbocycles. The van der Waals surface area contributed by atoms with Gasteiger partial charge in [0.15, 0.2) is 0 Å². The van der Waals surface area contributed by atoms with Gasteiger partial charge in [0.1, 0.15) is 29.7 Å². The largest absolute Gasteiger partial charge is 0.497 e. The summed E-state index contributed by atoms with van der Waals surface area (Å²) in [6, 6.07) is 17.7. The van der Waals surface area contributed by atoms with Crippen molar-refractivity contribution in [3.8, 4) is 28.4 Å². The molecule has 3 rings (SSSR count). The van der Waals surface area contributed by atoms with E-state index in [2.05, 4.69) is 6.92 Å². The summed E-state index contributed by atoms with van der Waals surface area (Å²) in [5.41, 5.74) is 2.86. The Morgan fingerprint density at radius 1 is 1.00 bits per heavy atom. The van der Waals surface area contributed by atoms with Gasteiger partial charge in [0.05, 0.1) is 20.1 Å². The van der Waals surface area contributed by atoms with E-state index in [1.807, 2.05) is 49.4 Å². The molecule has 0 amide bonds. The highest BCUT2D eigenvalue weighted by atomic mass is 19.1. The van der Waals surface area contributed by atoms with Crippen LogP contribution in [0.25, 0.3) is 11.1 Å². The number of methoxy groups -OCH3 is 1. The van der Waals surface area contributed by atoms with Gasteiger partial charge in [-0.25, -0.2) is 4.39 Å². The van der Waals surface area contributed by atoms with Crippen molar-refractivity contribution in [2.75, 3.05) is 13.7 Å². The van der Waals surface area contributed by atoms with E-state index < -0.39 is 5.97 Å². The number of hydrogen-bond acceptors (Lipinski definition) is 4. The molecule has 0 aromatic heterocycles. The topological polar surface area (TPSA) is 65.0 Å². The summed E-state index contributed by atoms with van der Waals surface area (Å²) in [5, 5.41) is 9.05. The van der Waals surface area contributed by atoms with Crippen molar-refractivity contribution in [2.24, 2.45) is 0 Å². The lowest BCUT2D eigenvalue weighted by Crippen LogP contribution is -2.04. The van der Waals surface area contributed by atoms with Gasteiger partial charge < -0.3 is 19.3 Å². The van der Waals surface area contributed by atoms with Crippen molar-refractivity contribution in [1.29, 1.82) is 0 Å². The van der Waals surface area contributed by atoms with E-state index in [9.17, 15) is 9.18 Å². The Kier molecular flexibility index (Phi) is 8.91. The highest BCUT2D eigenvalue weighted by Crippen LogP contribution is 2.35. The zero-order valence-electron chi connectivity index (χ0n) is 19.8. The molecule has 0 aliphatic heterocycles. The van der Waals surface area contributed by atoms with Crippen LogP contribution in [0, 0.1) is 5.82 Å². The smallest absolute Gasteiger partial charge is 0.303 e. The van der Waals surface area contributed by atoms with Crippen LogP contribution in [0.3, 0.4) is 0 Å². The first-order valence-electron chi connectivity index (χ1n) is 11.5. The first-order chi connectivity index (χ1) is 16.4. The Morgan fingerprint density at radius 2 is 1.82 bits per heavy atom. The van der Waals surface area contributed by atoms with E-state index in [1.54, 1.807) is 19.2 Å². The summed E-state index contributed by atoms with van der Waals surface area (Å²) in [4.78, 5) is 11.0. The highest BCUT2D eigenvalue weighted by Gasteiger charge is 2.15. The second-order valence-corrected chi connectivity index (χ2v) is 8.24. The number of carboxylic acids is 1. The Balaban J connectivity index is 1.82. The van der Waals surface area contributed by atoms with Gasteiger partial charge in [-0.15, -0.1) is 0 Å². The fraction of sp³-hybridized carbons (Fsp3) is 0.321. The lowest BCUT2D eigenvalue weighted by atomic mass is 9.98. The van der Waals surface area contributed by atoms with Gasteiger partial charge in [-0.3, -0.25) is 4.79 Å². The molecule has 34 heavy (non-hydrogen) atoms. The fourth-order valence-electron chi connectivity index (χ4n) is 3.62. The van der Waals surface area contributed by atoms with Crippen LogP contribution in [-0.4, -0.2) is 24.8 Å². The number of hydrogen-bond donors (Lipinski definition) is 1. The monoisotopic (exact) mass is 466 g/mol. The molecule has 0 unspecified atom stereocenters. The minimum Gasteiger partial charge on any atom is -0.497 e. The molecule has 3 aromatic rings. The molecule has 3 aromatic carbocycles. The quantitative estimate of drug-likeness (QED) is 0.296. The average Bonchev–Trinajstić information content (AvgIpc) is 2.83. The van der Waals surface area contributed by atoms with Crippen LogP contribution in [0.2, 0.25) is 0 Å². The summed E-state index contributed by atoms with van der Waals surface area (Å²) in [6.45, 7) is 4.79. The molecule has 0 fully saturated rings. The lowest BCUT2D eigenvalue weighted by Gasteiger charge is -2.16. The van der Waals surface area contributed by atoms with Gasteiger partial charge in [-0.05, 0) is 59.9 Å². The molecule has 1 atom stereocenters. The van der Waals surface area contributed by atoms with Crippen LogP contribution in [0.1, 0.15) is 50.2 Å². The van der Waals surface area contributed by atoms with Crippen LogP contribution in [-0.2, 0) is 11.4 Å². The van der Waals surface area contributed by atoms with Gasteiger partial charge >= 0.3 is 5.97 Å². The van der Waals surface area contributed by atoms with Gasteiger partial charge in [-0.2, -0.15) is 0 Å². The number of aliphatic carboxylic acids is 1. The third kappa shape index (κ3) is 6.73. The standard InChI is InChI=1S/C28H31FO5/c1-4-5-13-33-27-15-20(9-11-24(27)25-17-22(32-3)10-12-26(25)29)18-34-23-8-6-7-21(16-23)19(2)14-28(30)31/h6-12,15-17,19H,4-5,13-14,18H2,1-3H3,(H,30,31)/t19-/m1/s1. The van der Waals surface area contributed by atoms with Crippen molar-refractivity contribution in [3.63, 3.8) is 0 Å². The molecule has 0 saturated carbocycles. The molecular formula is C28H31FO5. The van der Waals surface area contributed by atoms with E-state index in [4.69, 9.17) is 19.3 Å². The Hall–Kier alpha value is -3.54. The summed E-state index contributed by atoms with van der Waals surface area (Å²) in [5.74, 6) is 0.521. The van der Waals surface area contributed by atoms with Crippen LogP contribution >= 0.6 is 0 Å². The van der Waals surface area contributed by atoms with E-state index >= 15 is 0 Å². The fourth-order valence-corrected chi connectivity index (χ4v) is 3.62. The number of carboxylic acid groups (broad SMARTS) is 1. The molecule has 0 saturated heterocycles. The first-order valence-corrected chi connectivity index (χ1v) is 11.5. The number of benzene rings is 3. The molecule has 6 heteroatoms. The van der Waals surface area contributed by atoms with Crippen molar-refractivity contribution >= 4 is 5.97 Å². The third-order valence-corrected chi connectivity index (χ3v) is 5.58. The van der Waals surface area contributed by atoms with E-state index in [-0.39, 0.29) is 18.2 Å². The van der Waals surface area contributed by atoms with Gasteiger partial charge in [0.2, 0.25) is 0 Å². The molecule has 0 bridgehead atoms. The van der Waals surface area contributed by atoms with Crippen LogP contribution < -0.4 is 14.2 Å². The van der Waals surface area contributed by atoms with Gasteiger partial charge in [0.25, 0.3) is 0 Å². The summed E-state index contributed by atoms with van der Waals surface area (Å²) < 4.78 is 31.9. The third-order valence-electron chi connectivity index (χ3n) is 5.58. The Morgan fingerprint density at radius 3 is 2.56 bits per heavy atom. The molecule has 0 radical (unpaired) electrons. The van der Waals surface area contributed by atoms with E-state index in [0.717, 1.165) is 24.0 Å². The first kappa shape index (κ1) is 25.1. The molecule has 0 heterocycles. The maximum absolute atomic E-state index is 14.6. The minimum absolute atomic E-state index is 0.0597. The highest BCUT2D eigenvalue weighted by molar-refractivity contribution is 5.72. The maximum atomic E-state index is 14.6. The van der Waals surface area contributed by atoms with E-state index in [1.165, 1.54) is 6.07 Å². The molecule has 1 N–H and O–H groups in total. The zero-order valence-corrected chi connectivity index (χ0v) is 19.8. The molecule has 0 aliphatic rings. The normalized spacial score (nSPS) is 11.6. The molecular weight excluding hydrogens is 435 g/mol. The Bertz CT molecular complexity index is 1110. The van der Waals surface area contributed by atoms with Crippen molar-refractivity contribution in [1.82, 2.24) is 0 Å². The molecule has 5 nitrogen and oxygen atoms in total. The SMILES string of the molecule is CCCCOc1cc(COc2cccc([C@H](C)CC(=O)O)c2)ccc1-c1cc(OC)ccc1F. The minimum atomic E-state index is -0.831. The van der Waals surface area contributed by atoms with Crippen molar-refractivity contribution in [3.05, 3.63) is 77.6 Å². The van der Waals surface area contributed by atoms with Crippen LogP contribution in [0.5, 0.6) is 17.2 Å². The predicted molar refractivity (Wildman–Crippen MR) is 130 cm³/mol. The predicted octanol–water partition coefficient (Wildman–Crippen LogP) is 6.84. The Labute approximate surface area is 200 Å². The number of rotatable bonds is 12. The average molecular weight is 467 g/mol. The summed E-state index contributed by atoms with van der Waals surface area (Å²) in [7, 11) is 1.55. The van der Waals surface area contributed by atoms with Gasteiger partial charge in [0, 0.05) is 11.1 Å². The number of carbonyl (C=O) groups is 1. The number of halogens is 1. The second-order valence-electron chi connectivity index (χ2n) is 8.24. The zero-order chi connectivity index (χ0) is 24.5. The number of ether oxygens (including phenoxy) is 3. The van der Waals surface area contributed by atoms with Crippen LogP contribution in [0.4, 0.5) is 4.39 Å². The van der Waals surface area contributed by atoms with Crippen LogP contribution in [0.15, 0.2) is 60.7 Å². The van der Waals surface area contributed by atoms with Crippen molar-refractivity contribution in [2.45, 2.75) is 45.6 Å². The molecule has 0 spiro atoms. The lowest BCUT2D eigenvalue weighted by molar-refractivity contribution is -0.137.